The summed E-state index contributed by atoms with van der Waals surface area (Å²) in [5, 5.41) is 9.18. The SMILES string of the molecule is CCCC(CC(=O)O)NS(=O)(=O)c1cc(Cl)cc(Cl)c1. The van der Waals surface area contributed by atoms with Crippen LogP contribution in [0.5, 0.6) is 0 Å². The maximum atomic E-state index is 12.2. The second-order valence-electron chi connectivity index (χ2n) is 4.31. The average Bonchev–Trinajstić information content (AvgIpc) is 2.26. The van der Waals surface area contributed by atoms with Crippen LogP contribution in [0.3, 0.4) is 0 Å². The highest BCUT2D eigenvalue weighted by molar-refractivity contribution is 7.89. The van der Waals surface area contributed by atoms with Crippen LogP contribution in [0.1, 0.15) is 26.2 Å². The second-order valence-corrected chi connectivity index (χ2v) is 6.90. The van der Waals surface area contributed by atoms with Gasteiger partial charge in [0.25, 0.3) is 0 Å². The van der Waals surface area contributed by atoms with Gasteiger partial charge in [0.2, 0.25) is 10.0 Å². The lowest BCUT2D eigenvalue weighted by Crippen LogP contribution is -2.36. The summed E-state index contributed by atoms with van der Waals surface area (Å²) in [4.78, 5) is 10.7. The number of sulfonamides is 1. The van der Waals surface area contributed by atoms with Crippen molar-refractivity contribution in [3.63, 3.8) is 0 Å². The van der Waals surface area contributed by atoms with Gasteiger partial charge >= 0.3 is 5.97 Å². The molecule has 0 radical (unpaired) electrons. The maximum Gasteiger partial charge on any atom is 0.304 e. The monoisotopic (exact) mass is 339 g/mol. The molecule has 0 aliphatic heterocycles. The van der Waals surface area contributed by atoms with Gasteiger partial charge in [0.1, 0.15) is 0 Å². The maximum absolute atomic E-state index is 12.2. The first-order valence-corrected chi connectivity index (χ1v) is 8.18. The first-order valence-electron chi connectivity index (χ1n) is 5.95. The predicted molar refractivity (Wildman–Crippen MR) is 77.7 cm³/mol. The van der Waals surface area contributed by atoms with Gasteiger partial charge in [0.15, 0.2) is 0 Å². The first-order chi connectivity index (χ1) is 9.24. The lowest BCUT2D eigenvalue weighted by Gasteiger charge is -2.16. The van der Waals surface area contributed by atoms with Crippen LogP contribution in [0.4, 0.5) is 0 Å². The lowest BCUT2D eigenvalue weighted by molar-refractivity contribution is -0.137. The topological polar surface area (TPSA) is 83.5 Å². The Labute approximate surface area is 127 Å². The molecule has 0 saturated heterocycles. The molecular formula is C12H15Cl2NO4S. The van der Waals surface area contributed by atoms with Gasteiger partial charge in [-0.25, -0.2) is 13.1 Å². The first kappa shape index (κ1) is 17.2. The van der Waals surface area contributed by atoms with Gasteiger partial charge in [-0.2, -0.15) is 0 Å². The summed E-state index contributed by atoms with van der Waals surface area (Å²) in [5.74, 6) is -1.06. The number of carbonyl (C=O) groups is 1. The van der Waals surface area contributed by atoms with E-state index in [9.17, 15) is 13.2 Å². The van der Waals surface area contributed by atoms with Gasteiger partial charge in [-0.15, -0.1) is 0 Å². The molecule has 0 spiro atoms. The Bertz CT molecular complexity index is 569. The minimum Gasteiger partial charge on any atom is -0.481 e. The molecule has 0 bridgehead atoms. The molecule has 5 nitrogen and oxygen atoms in total. The molecule has 1 unspecified atom stereocenters. The summed E-state index contributed by atoms with van der Waals surface area (Å²) in [5.41, 5.74) is 0. The van der Waals surface area contributed by atoms with Crippen molar-refractivity contribution in [2.45, 2.75) is 37.1 Å². The molecule has 8 heteroatoms. The summed E-state index contributed by atoms with van der Waals surface area (Å²) in [6, 6.07) is 3.28. The lowest BCUT2D eigenvalue weighted by atomic mass is 10.1. The van der Waals surface area contributed by atoms with Gasteiger partial charge in [0, 0.05) is 16.1 Å². The zero-order valence-electron chi connectivity index (χ0n) is 10.8. The zero-order valence-corrected chi connectivity index (χ0v) is 13.1. The summed E-state index contributed by atoms with van der Waals surface area (Å²) in [6.07, 6.45) is 0.817. The smallest absolute Gasteiger partial charge is 0.304 e. The highest BCUT2D eigenvalue weighted by Crippen LogP contribution is 2.22. The van der Waals surface area contributed by atoms with Crippen molar-refractivity contribution in [2.75, 3.05) is 0 Å². The molecule has 0 amide bonds. The molecule has 20 heavy (non-hydrogen) atoms. The number of hydrogen-bond donors (Lipinski definition) is 2. The molecule has 0 aromatic heterocycles. The van der Waals surface area contributed by atoms with E-state index < -0.39 is 22.0 Å². The van der Waals surface area contributed by atoms with Gasteiger partial charge in [0.05, 0.1) is 11.3 Å². The van der Waals surface area contributed by atoms with Gasteiger partial charge < -0.3 is 5.11 Å². The highest BCUT2D eigenvalue weighted by Gasteiger charge is 2.22. The Morgan fingerprint density at radius 3 is 2.30 bits per heavy atom. The second kappa shape index (κ2) is 7.26. The van der Waals surface area contributed by atoms with Gasteiger partial charge in [-0.1, -0.05) is 36.5 Å². The van der Waals surface area contributed by atoms with Crippen molar-refractivity contribution in [3.8, 4) is 0 Å². The predicted octanol–water partition coefficient (Wildman–Crippen LogP) is 2.92. The number of halogens is 2. The Hall–Kier alpha value is -0.820. The molecule has 1 aromatic carbocycles. The normalized spacial score (nSPS) is 13.2. The fraction of sp³-hybridized carbons (Fsp3) is 0.417. The van der Waals surface area contributed by atoms with E-state index in [1.807, 2.05) is 6.92 Å². The van der Waals surface area contributed by atoms with Crippen LogP contribution in [-0.2, 0) is 14.8 Å². The Balaban J connectivity index is 2.99. The number of benzene rings is 1. The minimum absolute atomic E-state index is 0.0820. The van der Waals surface area contributed by atoms with Crippen molar-refractivity contribution < 1.29 is 18.3 Å². The number of rotatable bonds is 7. The summed E-state index contributed by atoms with van der Waals surface area (Å²) in [6.45, 7) is 1.85. The van der Waals surface area contributed by atoms with E-state index in [0.717, 1.165) is 0 Å². The molecule has 0 heterocycles. The van der Waals surface area contributed by atoms with Crippen LogP contribution in [0, 0.1) is 0 Å². The van der Waals surface area contributed by atoms with Crippen LogP contribution < -0.4 is 4.72 Å². The van der Waals surface area contributed by atoms with E-state index >= 15 is 0 Å². The quantitative estimate of drug-likeness (QED) is 0.799. The fourth-order valence-corrected chi connectivity index (χ4v) is 3.73. The third kappa shape index (κ3) is 5.28. The Morgan fingerprint density at radius 1 is 1.30 bits per heavy atom. The van der Waals surface area contributed by atoms with Gasteiger partial charge in [-0.3, -0.25) is 4.79 Å². The van der Waals surface area contributed by atoms with Crippen LogP contribution in [0.15, 0.2) is 23.1 Å². The van der Waals surface area contributed by atoms with E-state index in [1.165, 1.54) is 18.2 Å². The number of hydrogen-bond acceptors (Lipinski definition) is 3. The summed E-state index contributed by atoms with van der Waals surface area (Å²) >= 11 is 11.5. The average molecular weight is 340 g/mol. The number of aliphatic carboxylic acids is 1. The van der Waals surface area contributed by atoms with Crippen molar-refractivity contribution in [2.24, 2.45) is 0 Å². The Kier molecular flexibility index (Phi) is 6.26. The summed E-state index contributed by atoms with van der Waals surface area (Å²) in [7, 11) is -3.85. The van der Waals surface area contributed by atoms with Crippen LogP contribution >= 0.6 is 23.2 Å². The van der Waals surface area contributed by atoms with Crippen molar-refractivity contribution in [1.29, 1.82) is 0 Å². The molecule has 0 fully saturated rings. The molecule has 1 aromatic rings. The minimum atomic E-state index is -3.85. The third-order valence-electron chi connectivity index (χ3n) is 2.53. The standard InChI is InChI=1S/C12H15Cl2NO4S/c1-2-3-10(7-12(16)17)15-20(18,19)11-5-8(13)4-9(14)6-11/h4-6,10,15H,2-3,7H2,1H3,(H,16,17). The van der Waals surface area contributed by atoms with E-state index in [1.54, 1.807) is 0 Å². The van der Waals surface area contributed by atoms with E-state index in [4.69, 9.17) is 28.3 Å². The van der Waals surface area contributed by atoms with Crippen LogP contribution in [0.25, 0.3) is 0 Å². The van der Waals surface area contributed by atoms with Gasteiger partial charge in [-0.05, 0) is 24.6 Å². The number of carboxylic acid groups (broad SMARTS) is 1. The van der Waals surface area contributed by atoms with Crippen molar-refractivity contribution >= 4 is 39.2 Å². The fourth-order valence-electron chi connectivity index (χ4n) is 1.73. The Morgan fingerprint density at radius 2 is 1.85 bits per heavy atom. The van der Waals surface area contributed by atoms with Crippen LogP contribution in [0.2, 0.25) is 10.0 Å². The molecule has 0 aliphatic rings. The van der Waals surface area contributed by atoms with E-state index in [0.29, 0.717) is 12.8 Å². The molecule has 2 N–H and O–H groups in total. The third-order valence-corrected chi connectivity index (χ3v) is 4.46. The number of carboxylic acids is 1. The zero-order chi connectivity index (χ0) is 15.3. The van der Waals surface area contributed by atoms with E-state index in [2.05, 4.69) is 4.72 Å². The number of nitrogens with one attached hydrogen (secondary N) is 1. The largest absolute Gasteiger partial charge is 0.481 e. The van der Waals surface area contributed by atoms with E-state index in [-0.39, 0.29) is 21.4 Å². The van der Waals surface area contributed by atoms with Crippen molar-refractivity contribution in [3.05, 3.63) is 28.2 Å². The van der Waals surface area contributed by atoms with Crippen LogP contribution in [-0.4, -0.2) is 25.5 Å². The molecule has 1 rings (SSSR count). The molecular weight excluding hydrogens is 325 g/mol. The highest BCUT2D eigenvalue weighted by atomic mass is 35.5. The molecule has 112 valence electrons. The summed E-state index contributed by atoms with van der Waals surface area (Å²) < 4.78 is 26.7. The molecule has 0 aliphatic carbocycles. The molecule has 1 atom stereocenters. The van der Waals surface area contributed by atoms with Crippen molar-refractivity contribution in [1.82, 2.24) is 4.72 Å². The molecule has 0 saturated carbocycles.